The Bertz CT molecular complexity index is 998. The van der Waals surface area contributed by atoms with Crippen LogP contribution >= 0.6 is 0 Å². The molecule has 32 heavy (non-hydrogen) atoms. The first-order valence-corrected chi connectivity index (χ1v) is 12.7. The van der Waals surface area contributed by atoms with Gasteiger partial charge in [0.1, 0.15) is 16.5 Å². The Hall–Kier alpha value is -2.23. The summed E-state index contributed by atoms with van der Waals surface area (Å²) in [6.45, 7) is 2.81. The highest BCUT2D eigenvalue weighted by Gasteiger charge is 2.34. The zero-order valence-electron chi connectivity index (χ0n) is 18.1. The van der Waals surface area contributed by atoms with Gasteiger partial charge in [-0.15, -0.1) is 0 Å². The molecule has 1 amide bonds. The van der Waals surface area contributed by atoms with Crippen molar-refractivity contribution >= 4 is 15.9 Å². The van der Waals surface area contributed by atoms with Gasteiger partial charge in [0.05, 0.1) is 12.3 Å². The number of carbonyl (C=O) groups is 1. The van der Waals surface area contributed by atoms with Gasteiger partial charge in [-0.3, -0.25) is 9.69 Å². The van der Waals surface area contributed by atoms with Crippen LogP contribution < -0.4 is 5.32 Å². The third-order valence-electron chi connectivity index (χ3n) is 6.45. The average molecular weight is 464 g/mol. The Kier molecular flexibility index (Phi) is 7.27. The van der Waals surface area contributed by atoms with Crippen molar-refractivity contribution < 1.29 is 22.0 Å². The van der Waals surface area contributed by atoms with Crippen molar-refractivity contribution in [3.05, 3.63) is 54.2 Å². The second-order valence-corrected chi connectivity index (χ2v) is 10.4. The number of carbonyl (C=O) groups excluding carboxylic acids is 1. The van der Waals surface area contributed by atoms with Crippen LogP contribution in [0, 0.1) is 11.7 Å². The minimum Gasteiger partial charge on any atom is -0.468 e. The molecule has 2 fully saturated rings. The highest BCUT2D eigenvalue weighted by atomic mass is 32.2. The van der Waals surface area contributed by atoms with E-state index in [4.69, 9.17) is 4.42 Å². The molecule has 0 radical (unpaired) electrons. The van der Waals surface area contributed by atoms with E-state index >= 15 is 0 Å². The van der Waals surface area contributed by atoms with Crippen molar-refractivity contribution in [1.82, 2.24) is 14.5 Å². The maximum atomic E-state index is 14.0. The Morgan fingerprint density at radius 1 is 1.06 bits per heavy atom. The third-order valence-corrected chi connectivity index (χ3v) is 8.38. The molecule has 2 aliphatic rings. The van der Waals surface area contributed by atoms with E-state index in [-0.39, 0.29) is 35.9 Å². The zero-order chi connectivity index (χ0) is 22.6. The number of amides is 1. The molecule has 4 rings (SSSR count). The normalized spacial score (nSPS) is 20.2. The molecule has 0 bridgehead atoms. The Morgan fingerprint density at radius 2 is 1.78 bits per heavy atom. The van der Waals surface area contributed by atoms with Gasteiger partial charge in [0, 0.05) is 25.6 Å². The smallest absolute Gasteiger partial charge is 0.245 e. The van der Waals surface area contributed by atoms with E-state index in [2.05, 4.69) is 10.2 Å². The van der Waals surface area contributed by atoms with Crippen molar-refractivity contribution in [2.75, 3.05) is 32.7 Å². The van der Waals surface area contributed by atoms with E-state index in [1.54, 1.807) is 6.26 Å². The molecule has 1 aromatic carbocycles. The molecular formula is C23H30FN3O4S. The minimum atomic E-state index is -3.90. The molecule has 7 nitrogen and oxygen atoms in total. The van der Waals surface area contributed by atoms with Crippen LogP contribution in [0.2, 0.25) is 0 Å². The van der Waals surface area contributed by atoms with Gasteiger partial charge in [0.2, 0.25) is 15.9 Å². The lowest BCUT2D eigenvalue weighted by molar-refractivity contribution is -0.126. The third kappa shape index (κ3) is 5.05. The summed E-state index contributed by atoms with van der Waals surface area (Å²) in [4.78, 5) is 14.9. The lowest BCUT2D eigenvalue weighted by Gasteiger charge is -2.34. The number of hydrogen-bond donors (Lipinski definition) is 1. The number of nitrogens with one attached hydrogen (secondary N) is 1. The van der Waals surface area contributed by atoms with Crippen LogP contribution in [-0.2, 0) is 14.8 Å². The number of halogens is 1. The first-order chi connectivity index (χ1) is 15.5. The molecule has 1 N–H and O–H groups in total. The molecule has 3 heterocycles. The molecule has 2 aliphatic heterocycles. The number of rotatable bonds is 7. The van der Waals surface area contributed by atoms with Crippen LogP contribution in [0.4, 0.5) is 4.39 Å². The summed E-state index contributed by atoms with van der Waals surface area (Å²) >= 11 is 0. The highest BCUT2D eigenvalue weighted by molar-refractivity contribution is 7.89. The van der Waals surface area contributed by atoms with Crippen LogP contribution in [0.5, 0.6) is 0 Å². The maximum absolute atomic E-state index is 14.0. The molecule has 174 valence electrons. The summed E-state index contributed by atoms with van der Waals surface area (Å²) in [6, 6.07) is 9.19. The van der Waals surface area contributed by atoms with Crippen molar-refractivity contribution in [2.24, 2.45) is 5.92 Å². The predicted octanol–water partition coefficient (Wildman–Crippen LogP) is 3.16. The second kappa shape index (κ2) is 10.1. The number of nitrogens with zero attached hydrogens (tertiary/aromatic N) is 2. The Balaban J connectivity index is 1.33. The monoisotopic (exact) mass is 463 g/mol. The molecule has 1 atom stereocenters. The molecule has 9 heteroatoms. The maximum Gasteiger partial charge on any atom is 0.245 e. The molecule has 0 saturated carbocycles. The Labute approximate surface area is 188 Å². The van der Waals surface area contributed by atoms with Crippen LogP contribution in [0.1, 0.15) is 43.9 Å². The number of hydrogen-bond acceptors (Lipinski definition) is 5. The van der Waals surface area contributed by atoms with E-state index in [0.29, 0.717) is 19.4 Å². The summed E-state index contributed by atoms with van der Waals surface area (Å²) in [6.07, 6.45) is 5.98. The molecule has 2 saturated heterocycles. The van der Waals surface area contributed by atoms with Crippen molar-refractivity contribution in [3.8, 4) is 0 Å². The number of benzene rings is 1. The molecule has 2 aromatic rings. The summed E-state index contributed by atoms with van der Waals surface area (Å²) in [7, 11) is -3.90. The van der Waals surface area contributed by atoms with E-state index in [1.807, 2.05) is 12.1 Å². The van der Waals surface area contributed by atoms with Gasteiger partial charge >= 0.3 is 0 Å². The lowest BCUT2D eigenvalue weighted by atomic mass is 9.97. The van der Waals surface area contributed by atoms with E-state index < -0.39 is 15.8 Å². The Morgan fingerprint density at radius 3 is 2.44 bits per heavy atom. The van der Waals surface area contributed by atoms with Crippen LogP contribution in [-0.4, -0.2) is 56.3 Å². The molecule has 0 spiro atoms. The molecule has 0 aliphatic carbocycles. The average Bonchev–Trinajstić information content (AvgIpc) is 3.35. The quantitative estimate of drug-likeness (QED) is 0.682. The van der Waals surface area contributed by atoms with Gasteiger partial charge in [0.15, 0.2) is 0 Å². The summed E-state index contributed by atoms with van der Waals surface area (Å²) in [5.74, 6) is -0.241. The number of furan rings is 1. The molecule has 1 unspecified atom stereocenters. The van der Waals surface area contributed by atoms with Crippen LogP contribution in [0.3, 0.4) is 0 Å². The SMILES string of the molecule is O=C(NCC(c1ccco1)N1CCCCC1)C1CCN(S(=O)(=O)c2ccccc2F)CC1. The largest absolute Gasteiger partial charge is 0.468 e. The van der Waals surface area contributed by atoms with Gasteiger partial charge in [0.25, 0.3) is 0 Å². The summed E-state index contributed by atoms with van der Waals surface area (Å²) < 4.78 is 46.5. The van der Waals surface area contributed by atoms with Crippen molar-refractivity contribution in [3.63, 3.8) is 0 Å². The van der Waals surface area contributed by atoms with Gasteiger partial charge < -0.3 is 9.73 Å². The van der Waals surface area contributed by atoms with Gasteiger partial charge in [-0.05, 0) is 63.0 Å². The number of likely N-dealkylation sites (tertiary alicyclic amines) is 1. The fourth-order valence-electron chi connectivity index (χ4n) is 4.61. The zero-order valence-corrected chi connectivity index (χ0v) is 18.9. The minimum absolute atomic E-state index is 0.00391. The van der Waals surface area contributed by atoms with Gasteiger partial charge in [-0.25, -0.2) is 12.8 Å². The first-order valence-electron chi connectivity index (χ1n) is 11.3. The fourth-order valence-corrected chi connectivity index (χ4v) is 6.15. The summed E-state index contributed by atoms with van der Waals surface area (Å²) in [5.41, 5.74) is 0. The second-order valence-electron chi connectivity index (χ2n) is 8.48. The van der Waals surface area contributed by atoms with Crippen molar-refractivity contribution in [1.29, 1.82) is 0 Å². The van der Waals surface area contributed by atoms with Crippen LogP contribution in [0.15, 0.2) is 52.0 Å². The fraction of sp³-hybridized carbons (Fsp3) is 0.522. The topological polar surface area (TPSA) is 82.9 Å². The summed E-state index contributed by atoms with van der Waals surface area (Å²) in [5, 5.41) is 3.06. The van der Waals surface area contributed by atoms with Crippen molar-refractivity contribution in [2.45, 2.75) is 43.0 Å². The van der Waals surface area contributed by atoms with Gasteiger partial charge in [-0.1, -0.05) is 18.6 Å². The van der Waals surface area contributed by atoms with E-state index in [9.17, 15) is 17.6 Å². The van der Waals surface area contributed by atoms with Gasteiger partial charge in [-0.2, -0.15) is 4.31 Å². The standard InChI is InChI=1S/C23H30FN3O4S/c24-19-7-2-3-9-22(19)32(29,30)27-14-10-18(11-15-27)23(28)25-17-20(21-8-6-16-31-21)26-12-4-1-5-13-26/h2-3,6-9,16,18,20H,1,4-5,10-15,17H2,(H,25,28). The van der Waals surface area contributed by atoms with E-state index in [1.165, 1.54) is 28.9 Å². The molecule has 1 aromatic heterocycles. The first kappa shape index (κ1) is 22.9. The highest BCUT2D eigenvalue weighted by Crippen LogP contribution is 2.27. The predicted molar refractivity (Wildman–Crippen MR) is 118 cm³/mol. The molecular weight excluding hydrogens is 433 g/mol. The lowest BCUT2D eigenvalue weighted by Crippen LogP contribution is -2.45. The number of piperidine rings is 2. The van der Waals surface area contributed by atoms with E-state index in [0.717, 1.165) is 37.8 Å². The number of sulfonamides is 1. The van der Waals surface area contributed by atoms with Crippen LogP contribution in [0.25, 0.3) is 0 Å².